The van der Waals surface area contributed by atoms with Gasteiger partial charge in [0.15, 0.2) is 0 Å². The number of carbonyl (C=O) groups excluding carboxylic acids is 1. The van der Waals surface area contributed by atoms with Crippen LogP contribution in [-0.4, -0.2) is 21.6 Å². The monoisotopic (exact) mass is 335 g/mol. The highest BCUT2D eigenvalue weighted by Gasteiger charge is 2.31. The largest absolute Gasteiger partial charge is 0.489 e. The molecule has 0 radical (unpaired) electrons. The number of nitrogens with one attached hydrogen (secondary N) is 1. The van der Waals surface area contributed by atoms with Gasteiger partial charge in [-0.3, -0.25) is 4.79 Å². The topological polar surface area (TPSA) is 56.1 Å². The Morgan fingerprint density at radius 3 is 2.80 bits per heavy atom. The van der Waals surface area contributed by atoms with Gasteiger partial charge in [-0.25, -0.2) is 4.98 Å². The van der Waals surface area contributed by atoms with E-state index in [0.29, 0.717) is 23.8 Å². The summed E-state index contributed by atoms with van der Waals surface area (Å²) < 4.78 is 7.92. The minimum Gasteiger partial charge on any atom is -0.489 e. The lowest BCUT2D eigenvalue weighted by Gasteiger charge is -2.10. The van der Waals surface area contributed by atoms with Crippen molar-refractivity contribution in [1.82, 2.24) is 14.9 Å². The Morgan fingerprint density at radius 2 is 2.00 bits per heavy atom. The summed E-state index contributed by atoms with van der Waals surface area (Å²) in [7, 11) is 1.96. The van der Waals surface area contributed by atoms with Crippen LogP contribution in [0.15, 0.2) is 42.5 Å². The smallest absolute Gasteiger partial charge is 0.255 e. The number of amides is 1. The first-order chi connectivity index (χ1) is 12.1. The fourth-order valence-corrected chi connectivity index (χ4v) is 3.37. The van der Waals surface area contributed by atoms with Gasteiger partial charge in [-0.15, -0.1) is 0 Å². The first-order valence-electron chi connectivity index (χ1n) is 8.54. The van der Waals surface area contributed by atoms with Gasteiger partial charge in [0, 0.05) is 18.5 Å². The Kier molecular flexibility index (Phi) is 3.71. The van der Waals surface area contributed by atoms with Crippen LogP contribution < -0.4 is 10.1 Å². The Labute approximate surface area is 146 Å². The number of fused-ring (bicyclic) bond motifs is 2. The third-order valence-corrected chi connectivity index (χ3v) is 5.08. The maximum absolute atomic E-state index is 12.7. The van der Waals surface area contributed by atoms with Crippen LogP contribution >= 0.6 is 0 Å². The van der Waals surface area contributed by atoms with E-state index < -0.39 is 0 Å². The van der Waals surface area contributed by atoms with Gasteiger partial charge in [-0.2, -0.15) is 0 Å². The molecule has 1 aliphatic rings. The molecule has 0 unspecified atom stereocenters. The van der Waals surface area contributed by atoms with Crippen molar-refractivity contribution in [2.24, 2.45) is 7.05 Å². The maximum Gasteiger partial charge on any atom is 0.255 e. The number of ether oxygens (including phenoxy) is 1. The van der Waals surface area contributed by atoms with Crippen molar-refractivity contribution in [3.05, 3.63) is 59.4 Å². The van der Waals surface area contributed by atoms with Gasteiger partial charge in [0.05, 0.1) is 23.1 Å². The lowest BCUT2D eigenvalue weighted by molar-refractivity contribution is 0.0944. The molecule has 1 aromatic heterocycles. The summed E-state index contributed by atoms with van der Waals surface area (Å²) in [5.41, 5.74) is 3.68. The van der Waals surface area contributed by atoms with Gasteiger partial charge in [-0.05, 0) is 25.1 Å². The second kappa shape index (κ2) is 5.92. The molecule has 2 heterocycles. The Bertz CT molecular complexity index is 961. The number of aromatic nitrogens is 2. The fourth-order valence-electron chi connectivity index (χ4n) is 3.37. The third-order valence-electron chi connectivity index (χ3n) is 5.08. The molecule has 5 heteroatoms. The summed E-state index contributed by atoms with van der Waals surface area (Å²) in [5, 5.41) is 2.97. The quantitative estimate of drug-likeness (QED) is 0.798. The highest BCUT2D eigenvalue weighted by molar-refractivity contribution is 5.97. The van der Waals surface area contributed by atoms with Gasteiger partial charge in [-0.1, -0.05) is 31.2 Å². The van der Waals surface area contributed by atoms with Crippen molar-refractivity contribution >= 4 is 16.9 Å². The predicted octanol–water partition coefficient (Wildman–Crippen LogP) is 3.39. The third kappa shape index (κ3) is 2.56. The summed E-state index contributed by atoms with van der Waals surface area (Å²) in [6.07, 6.45) is 0.0868. The van der Waals surface area contributed by atoms with Crippen molar-refractivity contribution in [3.8, 4) is 5.75 Å². The van der Waals surface area contributed by atoms with Gasteiger partial charge in [0.1, 0.15) is 17.7 Å². The van der Waals surface area contributed by atoms with E-state index in [1.54, 1.807) is 0 Å². The standard InChI is InChI=1S/C20H21N3O2/c1-12-13(2)25-19-14(12)7-6-8-15(19)20(24)21-11-18-22-16-9-4-5-10-17(16)23(18)3/h4-10,12-13H,11H2,1-3H3,(H,21,24)/t12-,13+/m1/s1. The first-order valence-corrected chi connectivity index (χ1v) is 8.54. The number of nitrogens with zero attached hydrogens (tertiary/aromatic N) is 2. The molecule has 0 saturated heterocycles. The number of benzene rings is 2. The van der Waals surface area contributed by atoms with Crippen molar-refractivity contribution in [2.75, 3.05) is 0 Å². The van der Waals surface area contributed by atoms with Crippen LogP contribution in [0, 0.1) is 0 Å². The average Bonchev–Trinajstić information content (AvgIpc) is 3.10. The van der Waals surface area contributed by atoms with Gasteiger partial charge < -0.3 is 14.6 Å². The van der Waals surface area contributed by atoms with Gasteiger partial charge >= 0.3 is 0 Å². The van der Waals surface area contributed by atoms with E-state index >= 15 is 0 Å². The minimum absolute atomic E-state index is 0.0868. The van der Waals surface area contributed by atoms with Crippen molar-refractivity contribution < 1.29 is 9.53 Å². The highest BCUT2D eigenvalue weighted by Crippen LogP contribution is 2.40. The molecule has 0 bridgehead atoms. The molecule has 0 saturated carbocycles. The summed E-state index contributed by atoms with van der Waals surface area (Å²) in [5.74, 6) is 1.70. The summed E-state index contributed by atoms with van der Waals surface area (Å²) in [6, 6.07) is 13.7. The molecule has 25 heavy (non-hydrogen) atoms. The molecule has 2 atom stereocenters. The zero-order valence-electron chi connectivity index (χ0n) is 14.6. The number of hydrogen-bond donors (Lipinski definition) is 1. The van der Waals surface area contributed by atoms with Crippen LogP contribution in [0.3, 0.4) is 0 Å². The molecule has 4 rings (SSSR count). The maximum atomic E-state index is 12.7. The number of carbonyl (C=O) groups is 1. The molecule has 5 nitrogen and oxygen atoms in total. The molecule has 1 aliphatic heterocycles. The van der Waals surface area contributed by atoms with Crippen molar-refractivity contribution in [3.63, 3.8) is 0 Å². The van der Waals surface area contributed by atoms with Crippen LogP contribution in [0.5, 0.6) is 5.75 Å². The van der Waals surface area contributed by atoms with Crippen LogP contribution in [0.4, 0.5) is 0 Å². The average molecular weight is 335 g/mol. The summed E-state index contributed by atoms with van der Waals surface area (Å²) >= 11 is 0. The fraction of sp³-hybridized carbons (Fsp3) is 0.300. The second-order valence-electron chi connectivity index (χ2n) is 6.59. The molecule has 0 spiro atoms. The summed E-state index contributed by atoms with van der Waals surface area (Å²) in [4.78, 5) is 17.3. The molecule has 1 amide bonds. The number of imidazole rings is 1. The zero-order valence-corrected chi connectivity index (χ0v) is 14.6. The van der Waals surface area contributed by atoms with E-state index in [2.05, 4.69) is 17.2 Å². The second-order valence-corrected chi connectivity index (χ2v) is 6.59. The zero-order chi connectivity index (χ0) is 17.6. The van der Waals surface area contributed by atoms with E-state index in [0.717, 1.165) is 22.4 Å². The van der Waals surface area contributed by atoms with Crippen LogP contribution in [0.25, 0.3) is 11.0 Å². The normalized spacial score (nSPS) is 18.8. The highest BCUT2D eigenvalue weighted by atomic mass is 16.5. The SMILES string of the molecule is C[C@@H]1Oc2c(C(=O)NCc3nc4ccccc4n3C)cccc2[C@@H]1C. The number of aryl methyl sites for hydroxylation is 1. The van der Waals surface area contributed by atoms with E-state index in [4.69, 9.17) is 4.74 Å². The Hall–Kier alpha value is -2.82. The first kappa shape index (κ1) is 15.7. The molecule has 3 aromatic rings. The molecular formula is C20H21N3O2. The lowest BCUT2D eigenvalue weighted by atomic mass is 9.97. The Morgan fingerprint density at radius 1 is 1.20 bits per heavy atom. The van der Waals surface area contributed by atoms with E-state index in [-0.39, 0.29) is 12.0 Å². The number of rotatable bonds is 3. The molecule has 1 N–H and O–H groups in total. The molecule has 0 aliphatic carbocycles. The molecular weight excluding hydrogens is 314 g/mol. The summed E-state index contributed by atoms with van der Waals surface area (Å²) in [6.45, 7) is 4.53. The number of para-hydroxylation sites is 3. The minimum atomic E-state index is -0.134. The lowest BCUT2D eigenvalue weighted by Crippen LogP contribution is -2.25. The van der Waals surface area contributed by atoms with Crippen LogP contribution in [-0.2, 0) is 13.6 Å². The van der Waals surface area contributed by atoms with Crippen LogP contribution in [0.2, 0.25) is 0 Å². The van der Waals surface area contributed by atoms with Crippen LogP contribution in [0.1, 0.15) is 41.5 Å². The van der Waals surface area contributed by atoms with E-state index in [1.165, 1.54) is 0 Å². The van der Waals surface area contributed by atoms with E-state index in [1.807, 2.05) is 61.0 Å². The van der Waals surface area contributed by atoms with Gasteiger partial charge in [0.2, 0.25) is 0 Å². The number of hydrogen-bond acceptors (Lipinski definition) is 3. The van der Waals surface area contributed by atoms with Gasteiger partial charge in [0.25, 0.3) is 5.91 Å². The molecule has 2 aromatic carbocycles. The van der Waals surface area contributed by atoms with E-state index in [9.17, 15) is 4.79 Å². The predicted molar refractivity (Wildman–Crippen MR) is 96.8 cm³/mol. The van der Waals surface area contributed by atoms with Crippen molar-refractivity contribution in [1.29, 1.82) is 0 Å². The molecule has 0 fully saturated rings. The van der Waals surface area contributed by atoms with Crippen molar-refractivity contribution in [2.45, 2.75) is 32.4 Å². The Balaban J connectivity index is 1.56. The molecule has 128 valence electrons.